The number of carbonyl (C=O) groups excluding carboxylic acids is 2. The lowest BCUT2D eigenvalue weighted by atomic mass is 10.2. The fourth-order valence-corrected chi connectivity index (χ4v) is 7.03. The first kappa shape index (κ1) is 28.2. The number of imide groups is 1. The maximum atomic E-state index is 13.0. The summed E-state index contributed by atoms with van der Waals surface area (Å²) in [5, 5.41) is 5.25. The van der Waals surface area contributed by atoms with Gasteiger partial charge >= 0.3 is 6.03 Å². The zero-order valence-electron chi connectivity index (χ0n) is 20.2. The third kappa shape index (κ3) is 7.60. The van der Waals surface area contributed by atoms with Gasteiger partial charge in [0, 0.05) is 16.7 Å². The first-order valence-electron chi connectivity index (χ1n) is 11.7. The van der Waals surface area contributed by atoms with Crippen molar-refractivity contribution >= 4 is 82.7 Å². The number of anilines is 1. The SMILES string of the molecule is CN1CCCN(CCCS(=O)(=O)c2ccc3nc(NC(=O)NC(=O)c4cc(I)ccc4Cl)sc3c2)CC1. The van der Waals surface area contributed by atoms with Crippen LogP contribution in [0.1, 0.15) is 23.2 Å². The molecule has 1 aliphatic rings. The summed E-state index contributed by atoms with van der Waals surface area (Å²) in [6.45, 7) is 4.76. The van der Waals surface area contributed by atoms with Crippen molar-refractivity contribution in [2.24, 2.45) is 0 Å². The van der Waals surface area contributed by atoms with E-state index < -0.39 is 21.8 Å². The van der Waals surface area contributed by atoms with Gasteiger partial charge in [0.05, 0.1) is 31.5 Å². The molecule has 0 unspecified atom stereocenters. The van der Waals surface area contributed by atoms with Gasteiger partial charge in [0.25, 0.3) is 5.91 Å². The van der Waals surface area contributed by atoms with Gasteiger partial charge in [-0.15, -0.1) is 0 Å². The van der Waals surface area contributed by atoms with E-state index in [-0.39, 0.29) is 26.4 Å². The molecule has 1 saturated heterocycles. The van der Waals surface area contributed by atoms with Crippen LogP contribution in [0, 0.1) is 3.57 Å². The maximum absolute atomic E-state index is 13.0. The molecule has 1 fully saturated rings. The Morgan fingerprint density at radius 2 is 1.95 bits per heavy atom. The Labute approximate surface area is 238 Å². The first-order chi connectivity index (χ1) is 17.6. The Balaban J connectivity index is 1.36. The minimum absolute atomic E-state index is 0.0697. The molecular weight excluding hydrogens is 649 g/mol. The smallest absolute Gasteiger partial charge is 0.305 e. The average Bonchev–Trinajstić information content (AvgIpc) is 3.12. The van der Waals surface area contributed by atoms with Gasteiger partial charge in [-0.1, -0.05) is 22.9 Å². The number of likely N-dealkylation sites (N-methyl/N-ethyl adjacent to an activating group) is 1. The molecule has 2 aromatic carbocycles. The lowest BCUT2D eigenvalue weighted by Crippen LogP contribution is -2.34. The predicted molar refractivity (Wildman–Crippen MR) is 155 cm³/mol. The predicted octanol–water partition coefficient (Wildman–Crippen LogP) is 4.32. The molecule has 13 heteroatoms. The van der Waals surface area contributed by atoms with Crippen LogP contribution in [0.5, 0.6) is 0 Å². The molecule has 0 bridgehead atoms. The number of amides is 3. The van der Waals surface area contributed by atoms with E-state index in [1.165, 1.54) is 0 Å². The van der Waals surface area contributed by atoms with Crippen LogP contribution in [0.15, 0.2) is 41.3 Å². The molecule has 0 radical (unpaired) electrons. The van der Waals surface area contributed by atoms with E-state index >= 15 is 0 Å². The van der Waals surface area contributed by atoms with Crippen LogP contribution in [-0.2, 0) is 9.84 Å². The highest BCUT2D eigenvalue weighted by atomic mass is 127. The van der Waals surface area contributed by atoms with Crippen LogP contribution >= 0.6 is 45.5 Å². The number of rotatable bonds is 7. The van der Waals surface area contributed by atoms with E-state index in [2.05, 4.69) is 32.5 Å². The number of hydrogen-bond acceptors (Lipinski definition) is 8. The molecule has 2 heterocycles. The molecule has 4 rings (SSSR count). The lowest BCUT2D eigenvalue weighted by Gasteiger charge is -2.19. The highest BCUT2D eigenvalue weighted by Gasteiger charge is 2.19. The van der Waals surface area contributed by atoms with Crippen molar-refractivity contribution in [3.8, 4) is 0 Å². The lowest BCUT2D eigenvalue weighted by molar-refractivity contribution is 0.0967. The van der Waals surface area contributed by atoms with Gasteiger partial charge < -0.3 is 9.80 Å². The van der Waals surface area contributed by atoms with Crippen LogP contribution in [0.2, 0.25) is 5.02 Å². The molecule has 3 aromatic rings. The molecule has 1 aliphatic heterocycles. The number of nitrogens with zero attached hydrogens (tertiary/aromatic N) is 3. The second-order valence-electron chi connectivity index (χ2n) is 8.85. The summed E-state index contributed by atoms with van der Waals surface area (Å²) in [4.78, 5) is 34.0. The molecule has 0 atom stereocenters. The van der Waals surface area contributed by atoms with Crippen molar-refractivity contribution in [2.75, 3.05) is 50.8 Å². The quantitative estimate of drug-likeness (QED) is 0.359. The van der Waals surface area contributed by atoms with Crippen LogP contribution in [-0.4, -0.2) is 80.7 Å². The van der Waals surface area contributed by atoms with E-state index in [0.717, 1.165) is 54.1 Å². The van der Waals surface area contributed by atoms with Crippen LogP contribution < -0.4 is 10.6 Å². The van der Waals surface area contributed by atoms with Crippen LogP contribution in [0.3, 0.4) is 0 Å². The van der Waals surface area contributed by atoms with Gasteiger partial charge in [0.15, 0.2) is 15.0 Å². The molecular formula is C24H27ClIN5O4S2. The third-order valence-electron chi connectivity index (χ3n) is 6.04. The Kier molecular flexibility index (Phi) is 9.40. The standard InChI is InChI=1S/C24H27ClIN5O4S2/c1-30-8-2-9-31(12-11-30)10-3-13-37(34,35)17-5-7-20-21(15-17)36-24(27-20)29-23(33)28-22(32)18-14-16(26)4-6-19(18)25/h4-7,14-15H,2-3,8-13H2,1H3,(H2,27,28,29,32,33). The Morgan fingerprint density at radius 1 is 1.14 bits per heavy atom. The summed E-state index contributed by atoms with van der Waals surface area (Å²) in [6, 6.07) is 8.92. The highest BCUT2D eigenvalue weighted by Crippen LogP contribution is 2.29. The van der Waals surface area contributed by atoms with Gasteiger partial charge in [-0.3, -0.25) is 15.4 Å². The Bertz CT molecular complexity index is 1420. The van der Waals surface area contributed by atoms with E-state index in [1.807, 2.05) is 22.6 Å². The molecule has 0 saturated carbocycles. The summed E-state index contributed by atoms with van der Waals surface area (Å²) in [5.41, 5.74) is 0.742. The topological polar surface area (TPSA) is 112 Å². The fourth-order valence-electron chi connectivity index (χ4n) is 4.04. The summed E-state index contributed by atoms with van der Waals surface area (Å²) in [5.74, 6) is -0.567. The maximum Gasteiger partial charge on any atom is 0.327 e. The molecule has 0 spiro atoms. The van der Waals surface area contributed by atoms with Crippen molar-refractivity contribution in [1.82, 2.24) is 20.1 Å². The highest BCUT2D eigenvalue weighted by molar-refractivity contribution is 14.1. The fraction of sp³-hybridized carbons (Fsp3) is 0.375. The number of benzene rings is 2. The molecule has 1 aromatic heterocycles. The van der Waals surface area contributed by atoms with E-state index in [0.29, 0.717) is 16.6 Å². The second-order valence-corrected chi connectivity index (χ2v) is 13.6. The summed E-state index contributed by atoms with van der Waals surface area (Å²) in [6.07, 6.45) is 1.66. The Hall–Kier alpha value is -1.84. The average molecular weight is 676 g/mol. The van der Waals surface area contributed by atoms with Crippen molar-refractivity contribution in [3.05, 3.63) is 50.6 Å². The molecule has 0 aliphatic carbocycles. The number of aromatic nitrogens is 1. The van der Waals surface area contributed by atoms with Gasteiger partial charge in [0.1, 0.15) is 0 Å². The van der Waals surface area contributed by atoms with Gasteiger partial charge in [-0.05, 0) is 98.5 Å². The zero-order chi connectivity index (χ0) is 26.6. The minimum Gasteiger partial charge on any atom is -0.305 e. The first-order valence-corrected chi connectivity index (χ1v) is 15.6. The second kappa shape index (κ2) is 12.3. The normalized spacial score (nSPS) is 15.4. The van der Waals surface area contributed by atoms with E-state index in [9.17, 15) is 18.0 Å². The van der Waals surface area contributed by atoms with Gasteiger partial charge in [-0.25, -0.2) is 18.2 Å². The number of halogens is 2. The largest absolute Gasteiger partial charge is 0.327 e. The number of urea groups is 1. The summed E-state index contributed by atoms with van der Waals surface area (Å²) >= 11 is 9.25. The van der Waals surface area contributed by atoms with Crippen molar-refractivity contribution < 1.29 is 18.0 Å². The number of nitrogens with one attached hydrogen (secondary N) is 2. The van der Waals surface area contributed by atoms with Crippen LogP contribution in [0.25, 0.3) is 10.2 Å². The summed E-state index contributed by atoms with van der Waals surface area (Å²) in [7, 11) is -1.35. The number of thiazole rings is 1. The monoisotopic (exact) mass is 675 g/mol. The molecule has 2 N–H and O–H groups in total. The third-order valence-corrected chi connectivity index (χ3v) is 9.77. The van der Waals surface area contributed by atoms with Gasteiger partial charge in [-0.2, -0.15) is 0 Å². The number of sulfone groups is 1. The molecule has 9 nitrogen and oxygen atoms in total. The van der Waals surface area contributed by atoms with E-state index in [1.54, 1.807) is 36.4 Å². The van der Waals surface area contributed by atoms with Crippen molar-refractivity contribution in [1.29, 1.82) is 0 Å². The molecule has 37 heavy (non-hydrogen) atoms. The minimum atomic E-state index is -3.46. The van der Waals surface area contributed by atoms with Crippen molar-refractivity contribution in [3.63, 3.8) is 0 Å². The number of carbonyl (C=O) groups is 2. The Morgan fingerprint density at radius 3 is 2.76 bits per heavy atom. The number of hydrogen-bond donors (Lipinski definition) is 2. The zero-order valence-corrected chi connectivity index (χ0v) is 24.7. The number of fused-ring (bicyclic) bond motifs is 1. The van der Waals surface area contributed by atoms with Crippen molar-refractivity contribution in [2.45, 2.75) is 17.7 Å². The van der Waals surface area contributed by atoms with Crippen LogP contribution in [0.4, 0.5) is 9.93 Å². The van der Waals surface area contributed by atoms with E-state index in [4.69, 9.17) is 11.6 Å². The molecule has 198 valence electrons. The summed E-state index contributed by atoms with van der Waals surface area (Å²) < 4.78 is 27.3. The van der Waals surface area contributed by atoms with Gasteiger partial charge in [0.2, 0.25) is 0 Å². The molecule has 3 amide bonds.